The predicted octanol–water partition coefficient (Wildman–Crippen LogP) is 4.73. The van der Waals surface area contributed by atoms with E-state index < -0.39 is 0 Å². The second-order valence-corrected chi connectivity index (χ2v) is 9.00. The van der Waals surface area contributed by atoms with Crippen LogP contribution in [0.1, 0.15) is 42.0 Å². The standard InChI is InChI=1S/C27H32N2O4/c30-27(29-15-12-24(19-29)31-17-16-28-13-4-1-5-14-28)26-11-10-25(33-26)20-32-23-9-8-21-6-2-3-7-22(21)18-23/h2-3,6-11,18,24H,1,4-5,12-17,19-20H2. The molecule has 5 rings (SSSR count). The van der Waals surface area contributed by atoms with Crippen molar-refractivity contribution >= 4 is 16.7 Å². The highest BCUT2D eigenvalue weighted by atomic mass is 16.5. The Morgan fingerprint density at radius 2 is 1.82 bits per heavy atom. The van der Waals surface area contributed by atoms with E-state index in [1.54, 1.807) is 6.07 Å². The molecule has 0 aliphatic carbocycles. The zero-order chi connectivity index (χ0) is 22.5. The van der Waals surface area contributed by atoms with E-state index in [-0.39, 0.29) is 18.6 Å². The number of benzene rings is 2. The van der Waals surface area contributed by atoms with Gasteiger partial charge in [-0.05, 0) is 67.4 Å². The van der Waals surface area contributed by atoms with Gasteiger partial charge in [-0.15, -0.1) is 0 Å². The van der Waals surface area contributed by atoms with Crippen molar-refractivity contribution in [2.75, 3.05) is 39.3 Å². The number of carbonyl (C=O) groups excluding carboxylic acids is 1. The number of fused-ring (bicyclic) bond motifs is 1. The molecule has 2 aliphatic heterocycles. The Morgan fingerprint density at radius 1 is 0.970 bits per heavy atom. The molecule has 1 atom stereocenters. The molecule has 33 heavy (non-hydrogen) atoms. The van der Waals surface area contributed by atoms with Gasteiger partial charge >= 0.3 is 0 Å². The molecule has 6 nitrogen and oxygen atoms in total. The molecule has 1 unspecified atom stereocenters. The lowest BCUT2D eigenvalue weighted by atomic mass is 10.1. The van der Waals surface area contributed by atoms with E-state index in [4.69, 9.17) is 13.9 Å². The molecular formula is C27H32N2O4. The van der Waals surface area contributed by atoms with Crippen molar-refractivity contribution in [2.45, 2.75) is 38.4 Å². The monoisotopic (exact) mass is 448 g/mol. The Kier molecular flexibility index (Phi) is 6.93. The van der Waals surface area contributed by atoms with Crippen LogP contribution >= 0.6 is 0 Å². The molecule has 0 spiro atoms. The van der Waals surface area contributed by atoms with Gasteiger partial charge in [-0.1, -0.05) is 36.8 Å². The maximum atomic E-state index is 12.9. The van der Waals surface area contributed by atoms with Crippen LogP contribution in [0.5, 0.6) is 5.75 Å². The van der Waals surface area contributed by atoms with Gasteiger partial charge in [-0.25, -0.2) is 0 Å². The Hall–Kier alpha value is -2.83. The van der Waals surface area contributed by atoms with Crippen molar-refractivity contribution in [3.05, 3.63) is 66.1 Å². The van der Waals surface area contributed by atoms with Crippen molar-refractivity contribution in [1.82, 2.24) is 9.80 Å². The van der Waals surface area contributed by atoms with E-state index in [0.29, 0.717) is 24.6 Å². The Bertz CT molecular complexity index is 1070. The fourth-order valence-electron chi connectivity index (χ4n) is 4.72. The first kappa shape index (κ1) is 22.0. The van der Waals surface area contributed by atoms with Gasteiger partial charge in [0.05, 0.1) is 12.7 Å². The second kappa shape index (κ2) is 10.4. The number of piperidine rings is 1. The third-order valence-electron chi connectivity index (χ3n) is 6.62. The van der Waals surface area contributed by atoms with Gasteiger partial charge < -0.3 is 23.7 Å². The fourth-order valence-corrected chi connectivity index (χ4v) is 4.72. The number of hydrogen-bond donors (Lipinski definition) is 0. The van der Waals surface area contributed by atoms with Crippen molar-refractivity contribution < 1.29 is 18.7 Å². The summed E-state index contributed by atoms with van der Waals surface area (Å²) < 4.78 is 17.7. The van der Waals surface area contributed by atoms with Crippen molar-refractivity contribution in [3.8, 4) is 5.75 Å². The van der Waals surface area contributed by atoms with Crippen molar-refractivity contribution in [1.29, 1.82) is 0 Å². The summed E-state index contributed by atoms with van der Waals surface area (Å²) in [6, 6.07) is 17.7. The summed E-state index contributed by atoms with van der Waals surface area (Å²) in [5.74, 6) is 1.71. The summed E-state index contributed by atoms with van der Waals surface area (Å²) in [7, 11) is 0. The summed E-state index contributed by atoms with van der Waals surface area (Å²) in [5.41, 5.74) is 0. The summed E-state index contributed by atoms with van der Waals surface area (Å²) in [6.07, 6.45) is 4.93. The van der Waals surface area contributed by atoms with Gasteiger partial charge in [0.2, 0.25) is 0 Å². The number of carbonyl (C=O) groups is 1. The largest absolute Gasteiger partial charge is 0.486 e. The quantitative estimate of drug-likeness (QED) is 0.499. The number of likely N-dealkylation sites (tertiary alicyclic amines) is 2. The van der Waals surface area contributed by atoms with E-state index in [1.807, 2.05) is 41.3 Å². The normalized spacial score (nSPS) is 19.3. The third kappa shape index (κ3) is 5.57. The van der Waals surface area contributed by atoms with Gasteiger partial charge in [0.25, 0.3) is 5.91 Å². The molecule has 2 saturated heterocycles. The number of furan rings is 1. The van der Waals surface area contributed by atoms with Gasteiger partial charge in [0.15, 0.2) is 5.76 Å². The van der Waals surface area contributed by atoms with Crippen LogP contribution in [0.25, 0.3) is 10.8 Å². The summed E-state index contributed by atoms with van der Waals surface area (Å²) in [4.78, 5) is 17.2. The predicted molar refractivity (Wildman–Crippen MR) is 128 cm³/mol. The summed E-state index contributed by atoms with van der Waals surface area (Å²) in [6.45, 7) is 5.72. The molecule has 0 saturated carbocycles. The molecule has 2 fully saturated rings. The van der Waals surface area contributed by atoms with Crippen LogP contribution < -0.4 is 4.74 Å². The Labute approximate surface area is 195 Å². The summed E-state index contributed by atoms with van der Waals surface area (Å²) >= 11 is 0. The van der Waals surface area contributed by atoms with E-state index in [1.165, 1.54) is 37.7 Å². The first-order valence-electron chi connectivity index (χ1n) is 12.1. The van der Waals surface area contributed by atoms with Crippen LogP contribution in [0, 0.1) is 0 Å². The van der Waals surface area contributed by atoms with Crippen LogP contribution in [-0.2, 0) is 11.3 Å². The summed E-state index contributed by atoms with van der Waals surface area (Å²) in [5, 5.41) is 2.31. The number of ether oxygens (including phenoxy) is 2. The van der Waals surface area contributed by atoms with Crippen LogP contribution in [0.15, 0.2) is 59.0 Å². The molecule has 0 N–H and O–H groups in total. The van der Waals surface area contributed by atoms with Gasteiger partial charge in [-0.2, -0.15) is 0 Å². The molecule has 174 valence electrons. The first-order chi connectivity index (χ1) is 16.2. The molecule has 1 aromatic heterocycles. The second-order valence-electron chi connectivity index (χ2n) is 9.00. The van der Waals surface area contributed by atoms with Crippen LogP contribution in [0.2, 0.25) is 0 Å². The molecule has 2 aromatic carbocycles. The lowest BCUT2D eigenvalue weighted by Gasteiger charge is -2.26. The average Bonchev–Trinajstić information content (AvgIpc) is 3.53. The molecule has 0 radical (unpaired) electrons. The highest BCUT2D eigenvalue weighted by Gasteiger charge is 2.29. The zero-order valence-corrected chi connectivity index (χ0v) is 19.1. The van der Waals surface area contributed by atoms with E-state index in [9.17, 15) is 4.79 Å². The van der Waals surface area contributed by atoms with Crippen molar-refractivity contribution in [3.63, 3.8) is 0 Å². The average molecular weight is 449 g/mol. The smallest absolute Gasteiger partial charge is 0.289 e. The molecule has 1 amide bonds. The van der Waals surface area contributed by atoms with E-state index in [2.05, 4.69) is 17.0 Å². The minimum absolute atomic E-state index is 0.0749. The van der Waals surface area contributed by atoms with E-state index >= 15 is 0 Å². The van der Waals surface area contributed by atoms with Gasteiger partial charge in [-0.3, -0.25) is 4.79 Å². The fraction of sp³-hybridized carbons (Fsp3) is 0.444. The maximum absolute atomic E-state index is 12.9. The van der Waals surface area contributed by atoms with Crippen molar-refractivity contribution in [2.24, 2.45) is 0 Å². The van der Waals surface area contributed by atoms with Crippen LogP contribution in [0.3, 0.4) is 0 Å². The Morgan fingerprint density at radius 3 is 2.70 bits per heavy atom. The topological polar surface area (TPSA) is 55.1 Å². The van der Waals surface area contributed by atoms with Crippen LogP contribution in [-0.4, -0.2) is 61.1 Å². The highest BCUT2D eigenvalue weighted by molar-refractivity contribution is 5.91. The minimum atomic E-state index is -0.0749. The zero-order valence-electron chi connectivity index (χ0n) is 19.1. The third-order valence-corrected chi connectivity index (χ3v) is 6.62. The van der Waals surface area contributed by atoms with E-state index in [0.717, 1.165) is 30.7 Å². The van der Waals surface area contributed by atoms with Crippen LogP contribution in [0.4, 0.5) is 0 Å². The maximum Gasteiger partial charge on any atom is 0.289 e. The molecule has 2 aliphatic rings. The molecule has 3 aromatic rings. The lowest BCUT2D eigenvalue weighted by molar-refractivity contribution is 0.0374. The molecule has 6 heteroatoms. The highest BCUT2D eigenvalue weighted by Crippen LogP contribution is 2.23. The number of nitrogens with zero attached hydrogens (tertiary/aromatic N) is 2. The molecule has 3 heterocycles. The molecule has 0 bridgehead atoms. The van der Waals surface area contributed by atoms with Gasteiger partial charge in [0.1, 0.15) is 18.1 Å². The number of amides is 1. The number of hydrogen-bond acceptors (Lipinski definition) is 5. The minimum Gasteiger partial charge on any atom is -0.486 e. The molecular weight excluding hydrogens is 416 g/mol. The lowest BCUT2D eigenvalue weighted by Crippen LogP contribution is -2.34. The first-order valence-corrected chi connectivity index (χ1v) is 12.1. The van der Waals surface area contributed by atoms with Gasteiger partial charge in [0, 0.05) is 19.6 Å². The number of rotatable bonds is 8. The Balaban J connectivity index is 1.08. The SMILES string of the molecule is O=C(c1ccc(COc2ccc3ccccc3c2)o1)N1CCC(OCCN2CCCCC2)C1.